The molecule has 4 heteroatoms. The minimum absolute atomic E-state index is 0.226. The summed E-state index contributed by atoms with van der Waals surface area (Å²) in [7, 11) is 4.10. The first-order chi connectivity index (χ1) is 8.99. The van der Waals surface area contributed by atoms with Crippen LogP contribution in [0.1, 0.15) is 30.7 Å². The molecule has 0 bridgehead atoms. The van der Waals surface area contributed by atoms with Crippen LogP contribution in [0.2, 0.25) is 10.0 Å². The lowest BCUT2D eigenvalue weighted by atomic mass is 9.73. The molecule has 1 aliphatic carbocycles. The van der Waals surface area contributed by atoms with Gasteiger partial charge in [-0.1, -0.05) is 35.7 Å². The Morgan fingerprint density at radius 3 is 2.58 bits per heavy atom. The summed E-state index contributed by atoms with van der Waals surface area (Å²) in [5.41, 5.74) is 1.19. The highest BCUT2D eigenvalue weighted by Crippen LogP contribution is 2.39. The van der Waals surface area contributed by atoms with Gasteiger partial charge in [0.1, 0.15) is 0 Å². The van der Waals surface area contributed by atoms with Crippen LogP contribution in [0.5, 0.6) is 0 Å². The molecule has 0 aromatic heterocycles. The molecule has 2 nitrogen and oxygen atoms in total. The Kier molecular flexibility index (Phi) is 5.13. The van der Waals surface area contributed by atoms with Gasteiger partial charge in [0, 0.05) is 12.5 Å². The number of aliphatic hydroxyl groups is 1. The van der Waals surface area contributed by atoms with Crippen LogP contribution >= 0.6 is 23.2 Å². The minimum atomic E-state index is -0.226. The third-order valence-corrected chi connectivity index (χ3v) is 4.71. The van der Waals surface area contributed by atoms with Gasteiger partial charge in [-0.05, 0) is 50.6 Å². The van der Waals surface area contributed by atoms with Gasteiger partial charge < -0.3 is 10.0 Å². The van der Waals surface area contributed by atoms with Crippen molar-refractivity contribution < 1.29 is 5.11 Å². The highest BCUT2D eigenvalue weighted by Gasteiger charge is 2.33. The first kappa shape index (κ1) is 15.1. The molecule has 1 aromatic rings. The van der Waals surface area contributed by atoms with E-state index >= 15 is 0 Å². The molecule has 3 unspecified atom stereocenters. The summed E-state index contributed by atoms with van der Waals surface area (Å²) < 4.78 is 0. The molecule has 1 N–H and O–H groups in total. The summed E-state index contributed by atoms with van der Waals surface area (Å²) in [6, 6.07) is 5.85. The van der Waals surface area contributed by atoms with Gasteiger partial charge in [0.25, 0.3) is 0 Å². The zero-order valence-electron chi connectivity index (χ0n) is 11.4. The fraction of sp³-hybridized carbons (Fsp3) is 0.600. The second-order valence-electron chi connectivity index (χ2n) is 5.70. The van der Waals surface area contributed by atoms with Crippen LogP contribution in [0.3, 0.4) is 0 Å². The third-order valence-electron chi connectivity index (χ3n) is 3.97. The molecule has 3 atom stereocenters. The van der Waals surface area contributed by atoms with E-state index in [0.717, 1.165) is 25.8 Å². The van der Waals surface area contributed by atoms with Gasteiger partial charge in [-0.15, -0.1) is 0 Å². The second-order valence-corrected chi connectivity index (χ2v) is 6.52. The number of nitrogens with zero attached hydrogens (tertiary/aromatic N) is 1. The van der Waals surface area contributed by atoms with Gasteiger partial charge in [-0.3, -0.25) is 0 Å². The van der Waals surface area contributed by atoms with Crippen LogP contribution in [0.15, 0.2) is 18.2 Å². The smallest absolute Gasteiger partial charge is 0.0595 e. The zero-order valence-corrected chi connectivity index (χ0v) is 13.0. The number of benzene rings is 1. The van der Waals surface area contributed by atoms with Crippen molar-refractivity contribution in [3.05, 3.63) is 33.8 Å². The molecule has 1 fully saturated rings. The largest absolute Gasteiger partial charge is 0.393 e. The van der Waals surface area contributed by atoms with Crippen molar-refractivity contribution >= 4 is 23.2 Å². The van der Waals surface area contributed by atoms with Crippen LogP contribution in [0.4, 0.5) is 0 Å². The topological polar surface area (TPSA) is 23.5 Å². The van der Waals surface area contributed by atoms with Crippen molar-refractivity contribution in [1.29, 1.82) is 0 Å². The highest BCUT2D eigenvalue weighted by atomic mass is 35.5. The van der Waals surface area contributed by atoms with Crippen molar-refractivity contribution in [3.63, 3.8) is 0 Å². The number of rotatable bonds is 3. The number of halogens is 2. The van der Waals surface area contributed by atoms with E-state index in [9.17, 15) is 5.11 Å². The van der Waals surface area contributed by atoms with Gasteiger partial charge in [0.15, 0.2) is 0 Å². The molecular formula is C15H21Cl2NO. The monoisotopic (exact) mass is 301 g/mol. The van der Waals surface area contributed by atoms with Gasteiger partial charge in [-0.25, -0.2) is 0 Å². The van der Waals surface area contributed by atoms with Crippen molar-refractivity contribution in [2.75, 3.05) is 20.6 Å². The van der Waals surface area contributed by atoms with E-state index in [1.807, 2.05) is 32.3 Å². The van der Waals surface area contributed by atoms with Crippen molar-refractivity contribution in [3.8, 4) is 0 Å². The first-order valence-electron chi connectivity index (χ1n) is 6.76. The summed E-state index contributed by atoms with van der Waals surface area (Å²) in [5.74, 6) is 0.627. The number of hydrogen-bond donors (Lipinski definition) is 1. The molecule has 1 aromatic carbocycles. The summed E-state index contributed by atoms with van der Waals surface area (Å²) in [4.78, 5) is 2.14. The summed E-state index contributed by atoms with van der Waals surface area (Å²) >= 11 is 12.1. The highest BCUT2D eigenvalue weighted by molar-refractivity contribution is 6.42. The van der Waals surface area contributed by atoms with E-state index in [-0.39, 0.29) is 12.0 Å². The maximum absolute atomic E-state index is 10.3. The van der Waals surface area contributed by atoms with Crippen LogP contribution in [0, 0.1) is 5.92 Å². The normalized spacial score (nSPS) is 27.8. The maximum atomic E-state index is 10.3. The van der Waals surface area contributed by atoms with Crippen molar-refractivity contribution in [1.82, 2.24) is 4.90 Å². The van der Waals surface area contributed by atoms with E-state index < -0.39 is 0 Å². The zero-order chi connectivity index (χ0) is 14.0. The van der Waals surface area contributed by atoms with E-state index in [0.29, 0.717) is 16.0 Å². The van der Waals surface area contributed by atoms with Crippen LogP contribution in [-0.4, -0.2) is 36.8 Å². The fourth-order valence-corrected chi connectivity index (χ4v) is 3.38. The standard InChI is InChI=1S/C15H21Cl2NO/c1-18(2)9-12-11(4-3-5-15(12)19)10-6-7-13(16)14(17)8-10/h6-8,11-12,15,19H,3-5,9H2,1-2H3. The SMILES string of the molecule is CN(C)CC1C(O)CCCC1c1ccc(Cl)c(Cl)c1. The summed E-state index contributed by atoms with van der Waals surface area (Å²) in [6.45, 7) is 0.895. The Labute approximate surface area is 125 Å². The lowest BCUT2D eigenvalue weighted by molar-refractivity contribution is 0.0415. The Morgan fingerprint density at radius 2 is 1.95 bits per heavy atom. The molecule has 0 radical (unpaired) electrons. The summed E-state index contributed by atoms with van der Waals surface area (Å²) in [6.07, 6.45) is 2.84. The van der Waals surface area contributed by atoms with Crippen LogP contribution in [-0.2, 0) is 0 Å². The predicted octanol–water partition coefficient (Wildman–Crippen LogP) is 3.80. The maximum Gasteiger partial charge on any atom is 0.0595 e. The average Bonchev–Trinajstić information content (AvgIpc) is 2.35. The van der Waals surface area contributed by atoms with Gasteiger partial charge in [0.05, 0.1) is 16.1 Å². The Morgan fingerprint density at radius 1 is 1.21 bits per heavy atom. The quantitative estimate of drug-likeness (QED) is 0.918. The second kappa shape index (κ2) is 6.45. The fourth-order valence-electron chi connectivity index (χ4n) is 3.07. The summed E-state index contributed by atoms with van der Waals surface area (Å²) in [5, 5.41) is 11.5. The van der Waals surface area contributed by atoms with E-state index in [2.05, 4.69) is 4.90 Å². The molecule has 1 aliphatic rings. The average molecular weight is 302 g/mol. The third kappa shape index (κ3) is 3.63. The Bertz CT molecular complexity index is 436. The predicted molar refractivity (Wildman–Crippen MR) is 81.1 cm³/mol. The Hall–Kier alpha value is -0.280. The molecular weight excluding hydrogens is 281 g/mol. The lowest BCUT2D eigenvalue weighted by Gasteiger charge is -2.37. The van der Waals surface area contributed by atoms with Gasteiger partial charge in [0.2, 0.25) is 0 Å². The Balaban J connectivity index is 2.25. The van der Waals surface area contributed by atoms with E-state index in [4.69, 9.17) is 23.2 Å². The lowest BCUT2D eigenvalue weighted by Crippen LogP contribution is -2.38. The number of hydrogen-bond acceptors (Lipinski definition) is 2. The van der Waals surface area contributed by atoms with Crippen LogP contribution in [0.25, 0.3) is 0 Å². The molecule has 1 saturated carbocycles. The van der Waals surface area contributed by atoms with E-state index in [1.54, 1.807) is 0 Å². The van der Waals surface area contributed by atoms with Gasteiger partial charge >= 0.3 is 0 Å². The van der Waals surface area contributed by atoms with Crippen molar-refractivity contribution in [2.24, 2.45) is 5.92 Å². The molecule has 106 valence electrons. The van der Waals surface area contributed by atoms with Crippen LogP contribution < -0.4 is 0 Å². The molecule has 0 amide bonds. The van der Waals surface area contributed by atoms with Crippen molar-refractivity contribution in [2.45, 2.75) is 31.3 Å². The molecule has 0 spiro atoms. The molecule has 19 heavy (non-hydrogen) atoms. The minimum Gasteiger partial charge on any atom is -0.393 e. The molecule has 0 heterocycles. The van der Waals surface area contributed by atoms with E-state index in [1.165, 1.54) is 5.56 Å². The molecule has 2 rings (SSSR count). The van der Waals surface area contributed by atoms with Gasteiger partial charge in [-0.2, -0.15) is 0 Å². The first-order valence-corrected chi connectivity index (χ1v) is 7.52. The molecule has 0 saturated heterocycles. The molecule has 0 aliphatic heterocycles. The number of aliphatic hydroxyl groups excluding tert-OH is 1.